The maximum absolute atomic E-state index is 5.43. The Balaban J connectivity index is 1.73. The SMILES string of the molecule is CC[n+]1ccc(/C=C/c2ccc3c(c2)OCO3)c2ccccc21. The summed E-state index contributed by atoms with van der Waals surface area (Å²) in [6.45, 7) is 3.43. The molecule has 0 bridgehead atoms. The molecule has 0 radical (unpaired) electrons. The number of para-hydroxylation sites is 1. The van der Waals surface area contributed by atoms with E-state index in [0.717, 1.165) is 23.6 Å². The molecule has 4 rings (SSSR count). The highest BCUT2D eigenvalue weighted by Gasteiger charge is 2.12. The molecule has 3 heteroatoms. The lowest BCUT2D eigenvalue weighted by Crippen LogP contribution is -2.32. The van der Waals surface area contributed by atoms with Crippen molar-refractivity contribution in [3.63, 3.8) is 0 Å². The van der Waals surface area contributed by atoms with E-state index in [2.05, 4.69) is 60.2 Å². The van der Waals surface area contributed by atoms with Crippen LogP contribution in [0.5, 0.6) is 11.5 Å². The lowest BCUT2D eigenvalue weighted by molar-refractivity contribution is -0.667. The first-order valence-corrected chi connectivity index (χ1v) is 7.84. The summed E-state index contributed by atoms with van der Waals surface area (Å²) in [5, 5.41) is 1.26. The number of pyridine rings is 1. The summed E-state index contributed by atoms with van der Waals surface area (Å²) in [6, 6.07) is 16.7. The zero-order valence-corrected chi connectivity index (χ0v) is 13.0. The van der Waals surface area contributed by atoms with Crippen LogP contribution in [0, 0.1) is 0 Å². The van der Waals surface area contributed by atoms with E-state index in [-0.39, 0.29) is 0 Å². The number of aryl methyl sites for hydroxylation is 1. The zero-order valence-electron chi connectivity index (χ0n) is 13.0. The van der Waals surface area contributed by atoms with Gasteiger partial charge in [0.2, 0.25) is 12.3 Å². The Hall–Kier alpha value is -2.81. The third-order valence-electron chi connectivity index (χ3n) is 4.15. The van der Waals surface area contributed by atoms with Crippen molar-refractivity contribution in [3.8, 4) is 11.5 Å². The van der Waals surface area contributed by atoms with Crippen molar-refractivity contribution in [2.45, 2.75) is 13.5 Å². The second-order valence-electron chi connectivity index (χ2n) is 5.52. The van der Waals surface area contributed by atoms with E-state index in [1.807, 2.05) is 18.2 Å². The average Bonchev–Trinajstić information content (AvgIpc) is 3.07. The van der Waals surface area contributed by atoms with E-state index < -0.39 is 0 Å². The monoisotopic (exact) mass is 304 g/mol. The molecule has 23 heavy (non-hydrogen) atoms. The zero-order chi connectivity index (χ0) is 15.6. The van der Waals surface area contributed by atoms with Crippen molar-refractivity contribution in [1.82, 2.24) is 0 Å². The van der Waals surface area contributed by atoms with Crippen LogP contribution in [0.15, 0.2) is 54.7 Å². The third-order valence-corrected chi connectivity index (χ3v) is 4.15. The minimum atomic E-state index is 0.308. The van der Waals surface area contributed by atoms with Crippen LogP contribution in [0.3, 0.4) is 0 Å². The first kappa shape index (κ1) is 13.8. The Kier molecular flexibility index (Phi) is 3.46. The Bertz CT molecular complexity index is 899. The van der Waals surface area contributed by atoms with Crippen molar-refractivity contribution in [3.05, 3.63) is 65.9 Å². The van der Waals surface area contributed by atoms with Gasteiger partial charge in [0, 0.05) is 12.1 Å². The van der Waals surface area contributed by atoms with Gasteiger partial charge in [-0.05, 0) is 36.2 Å². The van der Waals surface area contributed by atoms with Crippen LogP contribution in [0.4, 0.5) is 0 Å². The maximum Gasteiger partial charge on any atom is 0.231 e. The standard InChI is InChI=1S/C20H18NO2/c1-2-21-12-11-16(17-5-3-4-6-18(17)21)9-7-15-8-10-19-20(13-15)23-14-22-19/h3-13H,2,14H2,1H3/q+1/b9-7+. The van der Waals surface area contributed by atoms with Gasteiger partial charge in [-0.15, -0.1) is 0 Å². The molecule has 0 aliphatic carbocycles. The number of ether oxygens (including phenoxy) is 2. The van der Waals surface area contributed by atoms with E-state index in [0.29, 0.717) is 6.79 Å². The lowest BCUT2D eigenvalue weighted by Gasteiger charge is -2.03. The second kappa shape index (κ2) is 5.76. The number of hydrogen-bond donors (Lipinski definition) is 0. The summed E-state index contributed by atoms with van der Waals surface area (Å²) < 4.78 is 13.0. The minimum Gasteiger partial charge on any atom is -0.454 e. The Labute approximate surface area is 135 Å². The predicted molar refractivity (Wildman–Crippen MR) is 91.3 cm³/mol. The molecule has 0 fully saturated rings. The molecule has 3 aromatic rings. The summed E-state index contributed by atoms with van der Waals surface area (Å²) >= 11 is 0. The molecule has 1 aliphatic heterocycles. The van der Waals surface area contributed by atoms with Gasteiger partial charge in [-0.3, -0.25) is 0 Å². The summed E-state index contributed by atoms with van der Waals surface area (Å²) in [5.41, 5.74) is 3.57. The molecule has 0 amide bonds. The van der Waals surface area contributed by atoms with Crippen molar-refractivity contribution in [2.24, 2.45) is 0 Å². The number of hydrogen-bond acceptors (Lipinski definition) is 2. The van der Waals surface area contributed by atoms with Gasteiger partial charge in [0.05, 0.1) is 5.39 Å². The van der Waals surface area contributed by atoms with E-state index in [4.69, 9.17) is 9.47 Å². The molecule has 114 valence electrons. The summed E-state index contributed by atoms with van der Waals surface area (Å²) in [5.74, 6) is 1.63. The summed E-state index contributed by atoms with van der Waals surface area (Å²) in [4.78, 5) is 0. The second-order valence-corrected chi connectivity index (χ2v) is 5.52. The highest BCUT2D eigenvalue weighted by atomic mass is 16.7. The number of fused-ring (bicyclic) bond motifs is 2. The molecule has 0 atom stereocenters. The van der Waals surface area contributed by atoms with E-state index in [1.165, 1.54) is 16.5 Å². The smallest absolute Gasteiger partial charge is 0.231 e. The molecule has 0 unspecified atom stereocenters. The maximum atomic E-state index is 5.43. The number of benzene rings is 2. The third kappa shape index (κ3) is 2.55. The highest BCUT2D eigenvalue weighted by Crippen LogP contribution is 2.33. The predicted octanol–water partition coefficient (Wildman–Crippen LogP) is 4.05. The highest BCUT2D eigenvalue weighted by molar-refractivity contribution is 5.88. The van der Waals surface area contributed by atoms with Crippen LogP contribution >= 0.6 is 0 Å². The van der Waals surface area contributed by atoms with Gasteiger partial charge >= 0.3 is 0 Å². The minimum absolute atomic E-state index is 0.308. The van der Waals surface area contributed by atoms with Crippen molar-refractivity contribution in [1.29, 1.82) is 0 Å². The Morgan fingerprint density at radius 3 is 2.78 bits per heavy atom. The van der Waals surface area contributed by atoms with Gasteiger partial charge < -0.3 is 9.47 Å². The van der Waals surface area contributed by atoms with Crippen molar-refractivity contribution in [2.75, 3.05) is 6.79 Å². The van der Waals surface area contributed by atoms with E-state index in [1.54, 1.807) is 0 Å². The van der Waals surface area contributed by atoms with Crippen molar-refractivity contribution >= 4 is 23.1 Å². The van der Waals surface area contributed by atoms with Crippen LogP contribution in [0.2, 0.25) is 0 Å². The van der Waals surface area contributed by atoms with Crippen LogP contribution in [0.1, 0.15) is 18.1 Å². The van der Waals surface area contributed by atoms with Crippen LogP contribution in [-0.2, 0) is 6.54 Å². The van der Waals surface area contributed by atoms with Crippen LogP contribution < -0.4 is 14.0 Å². The molecule has 1 aromatic heterocycles. The van der Waals surface area contributed by atoms with Crippen LogP contribution in [0.25, 0.3) is 23.1 Å². The molecule has 0 saturated carbocycles. The van der Waals surface area contributed by atoms with Crippen molar-refractivity contribution < 1.29 is 14.0 Å². The topological polar surface area (TPSA) is 22.3 Å². The molecule has 0 N–H and O–H groups in total. The van der Waals surface area contributed by atoms with Gasteiger partial charge in [-0.2, -0.15) is 4.57 Å². The summed E-state index contributed by atoms with van der Waals surface area (Å²) in [6.07, 6.45) is 6.40. The van der Waals surface area contributed by atoms with Crippen LogP contribution in [-0.4, -0.2) is 6.79 Å². The normalized spacial score (nSPS) is 13.1. The average molecular weight is 304 g/mol. The molecule has 2 aromatic carbocycles. The van der Waals surface area contributed by atoms with Gasteiger partial charge in [0.1, 0.15) is 6.54 Å². The summed E-state index contributed by atoms with van der Waals surface area (Å²) in [7, 11) is 0. The fourth-order valence-electron chi connectivity index (χ4n) is 2.93. The Morgan fingerprint density at radius 2 is 1.87 bits per heavy atom. The van der Waals surface area contributed by atoms with E-state index in [9.17, 15) is 0 Å². The number of nitrogens with zero attached hydrogens (tertiary/aromatic N) is 1. The van der Waals surface area contributed by atoms with Gasteiger partial charge in [0.25, 0.3) is 0 Å². The fraction of sp³-hybridized carbons (Fsp3) is 0.150. The van der Waals surface area contributed by atoms with Gasteiger partial charge in [-0.25, -0.2) is 0 Å². The Morgan fingerprint density at radius 1 is 1.00 bits per heavy atom. The van der Waals surface area contributed by atoms with Gasteiger partial charge in [-0.1, -0.05) is 30.4 Å². The first-order valence-electron chi connectivity index (χ1n) is 7.84. The van der Waals surface area contributed by atoms with Gasteiger partial charge in [0.15, 0.2) is 17.7 Å². The molecule has 1 aliphatic rings. The molecular weight excluding hydrogens is 286 g/mol. The first-order chi connectivity index (χ1) is 11.3. The molecule has 0 spiro atoms. The molecule has 0 saturated heterocycles. The molecular formula is C20H18NO2+. The molecule has 2 heterocycles. The number of rotatable bonds is 3. The lowest BCUT2D eigenvalue weighted by atomic mass is 10.1. The number of aromatic nitrogens is 1. The largest absolute Gasteiger partial charge is 0.454 e. The fourth-order valence-corrected chi connectivity index (χ4v) is 2.93. The molecule has 3 nitrogen and oxygen atoms in total. The quantitative estimate of drug-likeness (QED) is 0.681. The van der Waals surface area contributed by atoms with E-state index >= 15 is 0 Å².